The average Bonchev–Trinajstić information content (AvgIpc) is 2.82. The van der Waals surface area contributed by atoms with E-state index in [0.717, 1.165) is 17.3 Å². The third-order valence-corrected chi connectivity index (χ3v) is 6.05. The van der Waals surface area contributed by atoms with E-state index in [2.05, 4.69) is 16.4 Å². The molecule has 0 saturated carbocycles. The summed E-state index contributed by atoms with van der Waals surface area (Å²) < 4.78 is 5.77. The van der Waals surface area contributed by atoms with E-state index in [0.29, 0.717) is 19.7 Å². The molecule has 1 aromatic carbocycles. The lowest BCUT2D eigenvalue weighted by molar-refractivity contribution is -0.408. The van der Waals surface area contributed by atoms with Gasteiger partial charge in [-0.3, -0.25) is 19.2 Å². The van der Waals surface area contributed by atoms with Crippen LogP contribution in [0.3, 0.4) is 0 Å². The van der Waals surface area contributed by atoms with Crippen LogP contribution in [0.25, 0.3) is 0 Å². The number of ether oxygens (including phenoxy) is 1. The van der Waals surface area contributed by atoms with Gasteiger partial charge in [0.15, 0.2) is 6.04 Å². The standard InChI is InChI=1S/C23H30N4O8S/c24-17(23(33)34)6-7-19(28)26-18(22(32)25-10-21(30)31)14-36-9-8-20(29)27-11-16(12-27)35-13-15-4-2-1-3-5-15/h1-5,8-9,16-18H,6-7,10-14,24H2,(H,25,32)(H,26,28)(H,30,31)(H,33,34)/p+1/b9-8-/t17-,18-/m0/s1. The Morgan fingerprint density at radius 3 is 2.50 bits per heavy atom. The lowest BCUT2D eigenvalue weighted by Gasteiger charge is -2.38. The van der Waals surface area contributed by atoms with Gasteiger partial charge in [-0.05, 0) is 11.0 Å². The van der Waals surface area contributed by atoms with E-state index in [1.54, 1.807) is 4.90 Å². The van der Waals surface area contributed by atoms with Crippen LogP contribution in [0.5, 0.6) is 0 Å². The van der Waals surface area contributed by atoms with Gasteiger partial charge >= 0.3 is 11.9 Å². The fourth-order valence-electron chi connectivity index (χ4n) is 3.04. The Morgan fingerprint density at radius 1 is 1.17 bits per heavy atom. The van der Waals surface area contributed by atoms with Crippen molar-refractivity contribution < 1.29 is 44.7 Å². The third kappa shape index (κ3) is 10.5. The molecular weight excluding hydrogens is 492 g/mol. The number of hydrogen-bond acceptors (Lipinski definition) is 7. The van der Waals surface area contributed by atoms with E-state index in [-0.39, 0.29) is 30.6 Å². The van der Waals surface area contributed by atoms with Gasteiger partial charge in [0.1, 0.15) is 12.6 Å². The molecule has 12 nitrogen and oxygen atoms in total. The van der Waals surface area contributed by atoms with Gasteiger partial charge < -0.3 is 36.2 Å². The van der Waals surface area contributed by atoms with Crippen LogP contribution < -0.4 is 16.4 Å². The minimum absolute atomic E-state index is 0.0158. The highest BCUT2D eigenvalue weighted by Crippen LogP contribution is 2.15. The number of benzene rings is 1. The number of carboxylic acid groups (broad SMARTS) is 2. The minimum Gasteiger partial charge on any atom is -0.480 e. The van der Waals surface area contributed by atoms with E-state index in [1.807, 2.05) is 30.3 Å². The van der Waals surface area contributed by atoms with E-state index < -0.39 is 42.4 Å². The van der Waals surface area contributed by atoms with Gasteiger partial charge in [-0.2, -0.15) is 0 Å². The molecule has 196 valence electrons. The maximum absolute atomic E-state index is 12.3. The first kappa shape index (κ1) is 28.8. The number of aliphatic carboxylic acids is 2. The highest BCUT2D eigenvalue weighted by molar-refractivity contribution is 8.02. The maximum atomic E-state index is 12.3. The van der Waals surface area contributed by atoms with E-state index in [9.17, 15) is 24.0 Å². The van der Waals surface area contributed by atoms with Crippen LogP contribution in [-0.4, -0.2) is 88.3 Å². The lowest BCUT2D eigenvalue weighted by Crippen LogP contribution is -2.65. The predicted molar refractivity (Wildman–Crippen MR) is 129 cm³/mol. The SMILES string of the molecule is [NH3+][C@@H](CCC(=O)N[C@@H](CS/C=C\C(=O)N1CC(OCc2ccccc2)C1)C(=O)NCC(=O)O)C(=O)O. The number of carbonyl (C=O) groups excluding carboxylic acids is 3. The Labute approximate surface area is 212 Å². The summed E-state index contributed by atoms with van der Waals surface area (Å²) in [5.41, 5.74) is 4.48. The number of hydrogen-bond donors (Lipinski definition) is 5. The molecule has 1 aromatic rings. The van der Waals surface area contributed by atoms with Crippen molar-refractivity contribution in [2.75, 3.05) is 25.4 Å². The van der Waals surface area contributed by atoms with Crippen molar-refractivity contribution in [1.82, 2.24) is 15.5 Å². The van der Waals surface area contributed by atoms with Crippen molar-refractivity contribution in [1.29, 1.82) is 0 Å². The van der Waals surface area contributed by atoms with Crippen molar-refractivity contribution in [2.45, 2.75) is 37.6 Å². The van der Waals surface area contributed by atoms with Crippen LogP contribution in [-0.2, 0) is 35.3 Å². The Morgan fingerprint density at radius 2 is 1.86 bits per heavy atom. The van der Waals surface area contributed by atoms with Gasteiger partial charge in [-0.1, -0.05) is 30.3 Å². The largest absolute Gasteiger partial charge is 0.480 e. The summed E-state index contributed by atoms with van der Waals surface area (Å²) in [4.78, 5) is 59.9. The summed E-state index contributed by atoms with van der Waals surface area (Å²) in [6, 6.07) is 7.68. The molecule has 2 atom stereocenters. The number of nitrogens with zero attached hydrogens (tertiary/aromatic N) is 1. The molecule has 1 aliphatic rings. The number of nitrogens with one attached hydrogen (secondary N) is 2. The van der Waals surface area contributed by atoms with Gasteiger partial charge in [0.05, 0.1) is 12.7 Å². The van der Waals surface area contributed by atoms with Gasteiger partial charge in [-0.25, -0.2) is 4.79 Å². The number of likely N-dealkylation sites (tertiary alicyclic amines) is 1. The second-order valence-electron chi connectivity index (χ2n) is 8.10. The number of carboxylic acids is 2. The molecule has 0 aromatic heterocycles. The van der Waals surface area contributed by atoms with Crippen LogP contribution in [0, 0.1) is 0 Å². The van der Waals surface area contributed by atoms with E-state index >= 15 is 0 Å². The van der Waals surface area contributed by atoms with E-state index in [4.69, 9.17) is 14.9 Å². The second-order valence-corrected chi connectivity index (χ2v) is 9.04. The molecule has 0 unspecified atom stereocenters. The van der Waals surface area contributed by atoms with Crippen molar-refractivity contribution in [3.05, 3.63) is 47.4 Å². The Balaban J connectivity index is 1.76. The molecule has 13 heteroatoms. The first-order valence-electron chi connectivity index (χ1n) is 11.2. The van der Waals surface area contributed by atoms with E-state index in [1.165, 1.54) is 11.5 Å². The first-order chi connectivity index (χ1) is 17.2. The van der Waals surface area contributed by atoms with Crippen molar-refractivity contribution in [3.8, 4) is 0 Å². The quantitative estimate of drug-likeness (QED) is 0.176. The molecule has 1 heterocycles. The predicted octanol–water partition coefficient (Wildman–Crippen LogP) is -1.18. The van der Waals surface area contributed by atoms with Crippen molar-refractivity contribution >= 4 is 41.4 Å². The van der Waals surface area contributed by atoms with Gasteiger partial charge in [0.25, 0.3) is 0 Å². The molecule has 0 radical (unpaired) electrons. The Kier molecular flexibility index (Phi) is 11.9. The molecule has 1 fully saturated rings. The molecule has 0 aliphatic carbocycles. The second kappa shape index (κ2) is 14.9. The normalized spacial score (nSPS) is 15.1. The highest BCUT2D eigenvalue weighted by atomic mass is 32.2. The zero-order valence-corrected chi connectivity index (χ0v) is 20.4. The zero-order chi connectivity index (χ0) is 26.5. The molecule has 2 rings (SSSR count). The molecule has 1 aliphatic heterocycles. The third-order valence-electron chi connectivity index (χ3n) is 5.19. The van der Waals surface area contributed by atoms with Crippen LogP contribution in [0.1, 0.15) is 18.4 Å². The maximum Gasteiger partial charge on any atom is 0.362 e. The molecular formula is C23H31N4O8S+. The summed E-state index contributed by atoms with van der Waals surface area (Å²) >= 11 is 1.10. The van der Waals surface area contributed by atoms with Gasteiger partial charge in [0, 0.05) is 37.8 Å². The first-order valence-corrected chi connectivity index (χ1v) is 12.3. The Hall–Kier alpha value is -3.42. The summed E-state index contributed by atoms with van der Waals surface area (Å²) in [5.74, 6) is -3.83. The summed E-state index contributed by atoms with van der Waals surface area (Å²) in [6.07, 6.45) is 1.14. The Bertz CT molecular complexity index is 953. The number of quaternary nitrogens is 1. The molecule has 0 spiro atoms. The van der Waals surface area contributed by atoms with Gasteiger partial charge in [-0.15, -0.1) is 11.8 Å². The number of amides is 3. The fraction of sp³-hybridized carbons (Fsp3) is 0.435. The van der Waals surface area contributed by atoms with Crippen molar-refractivity contribution in [3.63, 3.8) is 0 Å². The summed E-state index contributed by atoms with van der Waals surface area (Å²) in [7, 11) is 0. The summed E-state index contributed by atoms with van der Waals surface area (Å²) in [5, 5.41) is 23.8. The molecule has 3 amide bonds. The van der Waals surface area contributed by atoms with Crippen LogP contribution in [0.4, 0.5) is 0 Å². The smallest absolute Gasteiger partial charge is 0.362 e. The molecule has 1 saturated heterocycles. The zero-order valence-electron chi connectivity index (χ0n) is 19.6. The lowest BCUT2D eigenvalue weighted by atomic mass is 10.1. The number of thioether (sulfide) groups is 1. The molecule has 36 heavy (non-hydrogen) atoms. The van der Waals surface area contributed by atoms with Crippen molar-refractivity contribution in [2.24, 2.45) is 0 Å². The summed E-state index contributed by atoms with van der Waals surface area (Å²) in [6.45, 7) is 0.801. The monoisotopic (exact) mass is 523 g/mol. The molecule has 7 N–H and O–H groups in total. The highest BCUT2D eigenvalue weighted by Gasteiger charge is 2.30. The average molecular weight is 524 g/mol. The minimum atomic E-state index is -1.24. The number of carbonyl (C=O) groups is 5. The topological polar surface area (TPSA) is 190 Å². The fourth-order valence-corrected chi connectivity index (χ4v) is 3.79. The number of rotatable bonds is 15. The van der Waals surface area contributed by atoms with Crippen LogP contribution in [0.2, 0.25) is 0 Å². The molecule has 0 bridgehead atoms. The van der Waals surface area contributed by atoms with Crippen LogP contribution in [0.15, 0.2) is 41.8 Å². The van der Waals surface area contributed by atoms with Gasteiger partial charge in [0.2, 0.25) is 17.7 Å². The van der Waals surface area contributed by atoms with Crippen LogP contribution >= 0.6 is 11.8 Å².